The Labute approximate surface area is 92.4 Å². The molecule has 15 heavy (non-hydrogen) atoms. The monoisotopic (exact) mass is 232 g/mol. The lowest BCUT2D eigenvalue weighted by Crippen LogP contribution is -2.21. The van der Waals surface area contributed by atoms with Crippen LogP contribution in [0.1, 0.15) is 18.2 Å². The van der Waals surface area contributed by atoms with Crippen LogP contribution in [0.3, 0.4) is 0 Å². The molecule has 0 radical (unpaired) electrons. The standard InChI is InChI=1S/C9H13FN2O2S/c10-7-2-1-5(11)8(12-7)9(14)6(13)3-4-15/h1-2,6,9,13-15H,3-4,11H2. The summed E-state index contributed by atoms with van der Waals surface area (Å²) in [6.45, 7) is 0. The molecule has 0 bridgehead atoms. The Morgan fingerprint density at radius 2 is 2.13 bits per heavy atom. The van der Waals surface area contributed by atoms with Gasteiger partial charge in [0, 0.05) is 0 Å². The number of nitrogens with two attached hydrogens (primary N) is 1. The first-order valence-electron chi connectivity index (χ1n) is 4.45. The summed E-state index contributed by atoms with van der Waals surface area (Å²) in [6, 6.07) is 2.39. The van der Waals surface area contributed by atoms with Gasteiger partial charge in [-0.25, -0.2) is 4.98 Å². The van der Waals surface area contributed by atoms with Gasteiger partial charge in [-0.3, -0.25) is 0 Å². The molecule has 0 fully saturated rings. The minimum Gasteiger partial charge on any atom is -0.397 e. The number of nitrogens with zero attached hydrogens (tertiary/aromatic N) is 1. The number of rotatable bonds is 4. The van der Waals surface area contributed by atoms with Gasteiger partial charge in [0.05, 0.1) is 17.5 Å². The highest BCUT2D eigenvalue weighted by Crippen LogP contribution is 2.22. The van der Waals surface area contributed by atoms with Crippen molar-refractivity contribution in [1.29, 1.82) is 0 Å². The van der Waals surface area contributed by atoms with Gasteiger partial charge in [-0.15, -0.1) is 0 Å². The maximum absolute atomic E-state index is 12.8. The van der Waals surface area contributed by atoms with Crippen molar-refractivity contribution in [2.75, 3.05) is 11.5 Å². The summed E-state index contributed by atoms with van der Waals surface area (Å²) < 4.78 is 12.8. The summed E-state index contributed by atoms with van der Waals surface area (Å²) in [5.74, 6) is -0.329. The molecule has 0 amide bonds. The van der Waals surface area contributed by atoms with Gasteiger partial charge in [-0.1, -0.05) is 0 Å². The zero-order valence-corrected chi connectivity index (χ0v) is 8.86. The molecule has 0 saturated heterocycles. The maximum Gasteiger partial charge on any atom is 0.213 e. The second-order valence-corrected chi connectivity index (χ2v) is 3.58. The Morgan fingerprint density at radius 1 is 1.47 bits per heavy atom. The predicted molar refractivity (Wildman–Crippen MR) is 58.0 cm³/mol. The quantitative estimate of drug-likeness (QED) is 0.450. The number of hydrogen-bond acceptors (Lipinski definition) is 5. The second kappa shape index (κ2) is 5.29. The van der Waals surface area contributed by atoms with E-state index >= 15 is 0 Å². The number of aliphatic hydroxyl groups is 2. The predicted octanol–water partition coefficient (Wildman–Crippen LogP) is 0.517. The van der Waals surface area contributed by atoms with Gasteiger partial charge in [0.15, 0.2) is 0 Å². The third-order valence-electron chi connectivity index (χ3n) is 1.99. The van der Waals surface area contributed by atoms with Crippen LogP contribution in [0.2, 0.25) is 0 Å². The number of aromatic nitrogens is 1. The first kappa shape index (κ1) is 12.2. The molecule has 0 aliphatic heterocycles. The van der Waals surface area contributed by atoms with E-state index in [2.05, 4.69) is 17.6 Å². The van der Waals surface area contributed by atoms with Crippen molar-refractivity contribution in [3.05, 3.63) is 23.8 Å². The van der Waals surface area contributed by atoms with Crippen molar-refractivity contribution in [2.45, 2.75) is 18.6 Å². The average molecular weight is 232 g/mol. The molecule has 2 unspecified atom stereocenters. The molecule has 0 spiro atoms. The second-order valence-electron chi connectivity index (χ2n) is 3.13. The summed E-state index contributed by atoms with van der Waals surface area (Å²) in [7, 11) is 0. The number of anilines is 1. The Hall–Kier alpha value is -0.850. The summed E-state index contributed by atoms with van der Waals surface area (Å²) in [6.07, 6.45) is -2.05. The fourth-order valence-corrected chi connectivity index (χ4v) is 1.43. The van der Waals surface area contributed by atoms with Crippen molar-refractivity contribution in [3.63, 3.8) is 0 Å². The van der Waals surface area contributed by atoms with Crippen molar-refractivity contribution in [2.24, 2.45) is 0 Å². The zero-order valence-electron chi connectivity index (χ0n) is 7.97. The Balaban J connectivity index is 2.89. The normalized spacial score (nSPS) is 14.9. The smallest absolute Gasteiger partial charge is 0.213 e. The first-order chi connectivity index (χ1) is 7.06. The molecule has 2 atom stereocenters. The van der Waals surface area contributed by atoms with Gasteiger partial charge in [0.2, 0.25) is 5.95 Å². The van der Waals surface area contributed by atoms with E-state index in [1.54, 1.807) is 0 Å². The zero-order chi connectivity index (χ0) is 11.4. The van der Waals surface area contributed by atoms with Crippen LogP contribution >= 0.6 is 12.6 Å². The van der Waals surface area contributed by atoms with Crippen LogP contribution in [0.4, 0.5) is 10.1 Å². The van der Waals surface area contributed by atoms with Crippen LogP contribution in [0.5, 0.6) is 0 Å². The van der Waals surface area contributed by atoms with E-state index in [-0.39, 0.29) is 17.8 Å². The molecule has 0 saturated carbocycles. The lowest BCUT2D eigenvalue weighted by Gasteiger charge is -2.17. The van der Waals surface area contributed by atoms with Crippen LogP contribution in [-0.4, -0.2) is 27.1 Å². The Morgan fingerprint density at radius 3 is 2.73 bits per heavy atom. The molecule has 0 aliphatic carbocycles. The molecule has 6 heteroatoms. The third kappa shape index (κ3) is 3.05. The molecular formula is C9H13FN2O2S. The van der Waals surface area contributed by atoms with Gasteiger partial charge in [0.25, 0.3) is 0 Å². The Kier molecular flexibility index (Phi) is 4.31. The molecule has 0 aromatic carbocycles. The molecular weight excluding hydrogens is 219 g/mol. The summed E-state index contributed by atoms with van der Waals surface area (Å²) in [4.78, 5) is 3.45. The van der Waals surface area contributed by atoms with Crippen LogP contribution in [0, 0.1) is 5.95 Å². The van der Waals surface area contributed by atoms with Gasteiger partial charge in [-0.05, 0) is 24.3 Å². The topological polar surface area (TPSA) is 79.4 Å². The molecule has 0 aliphatic rings. The van der Waals surface area contributed by atoms with Crippen LogP contribution in [0.25, 0.3) is 0 Å². The van der Waals surface area contributed by atoms with Gasteiger partial charge >= 0.3 is 0 Å². The highest BCUT2D eigenvalue weighted by molar-refractivity contribution is 7.80. The fraction of sp³-hybridized carbons (Fsp3) is 0.444. The minimum atomic E-state index is -1.28. The number of hydrogen-bond donors (Lipinski definition) is 4. The van der Waals surface area contributed by atoms with E-state index in [1.807, 2.05) is 0 Å². The largest absolute Gasteiger partial charge is 0.397 e. The molecule has 1 aromatic rings. The van der Waals surface area contributed by atoms with E-state index < -0.39 is 18.2 Å². The molecule has 1 rings (SSSR count). The first-order valence-corrected chi connectivity index (χ1v) is 5.08. The van der Waals surface area contributed by atoms with E-state index in [1.165, 1.54) is 6.07 Å². The SMILES string of the molecule is Nc1ccc(F)nc1C(O)C(O)CCS. The lowest BCUT2D eigenvalue weighted by molar-refractivity contribution is 0.0147. The molecule has 1 aromatic heterocycles. The molecule has 4 nitrogen and oxygen atoms in total. The van der Waals surface area contributed by atoms with Gasteiger partial charge in [0.1, 0.15) is 6.10 Å². The Bertz CT molecular complexity index is 338. The number of aliphatic hydroxyl groups excluding tert-OH is 2. The lowest BCUT2D eigenvalue weighted by atomic mass is 10.1. The van der Waals surface area contributed by atoms with Crippen molar-refractivity contribution in [1.82, 2.24) is 4.98 Å². The molecule has 1 heterocycles. The van der Waals surface area contributed by atoms with E-state index in [0.29, 0.717) is 5.75 Å². The summed E-state index contributed by atoms with van der Waals surface area (Å²) >= 11 is 3.92. The van der Waals surface area contributed by atoms with Gasteiger partial charge in [-0.2, -0.15) is 17.0 Å². The molecule has 84 valence electrons. The van der Waals surface area contributed by atoms with Gasteiger partial charge < -0.3 is 15.9 Å². The summed E-state index contributed by atoms with van der Waals surface area (Å²) in [5, 5.41) is 19.1. The fourth-order valence-electron chi connectivity index (χ4n) is 1.17. The van der Waals surface area contributed by atoms with Crippen LogP contribution < -0.4 is 5.73 Å². The van der Waals surface area contributed by atoms with E-state index in [0.717, 1.165) is 6.07 Å². The van der Waals surface area contributed by atoms with Crippen molar-refractivity contribution in [3.8, 4) is 0 Å². The number of halogens is 1. The van der Waals surface area contributed by atoms with Crippen molar-refractivity contribution >= 4 is 18.3 Å². The third-order valence-corrected chi connectivity index (χ3v) is 2.25. The summed E-state index contributed by atoms with van der Waals surface area (Å²) in [5.41, 5.74) is 5.62. The van der Waals surface area contributed by atoms with Crippen LogP contribution in [0.15, 0.2) is 12.1 Å². The van der Waals surface area contributed by atoms with E-state index in [4.69, 9.17) is 5.73 Å². The molecule has 4 N–H and O–H groups in total. The number of pyridine rings is 1. The minimum absolute atomic E-state index is 0.0377. The van der Waals surface area contributed by atoms with Crippen LogP contribution in [-0.2, 0) is 0 Å². The average Bonchev–Trinajstić information content (AvgIpc) is 2.21. The number of thiol groups is 1. The number of nitrogen functional groups attached to an aromatic ring is 1. The highest BCUT2D eigenvalue weighted by atomic mass is 32.1. The maximum atomic E-state index is 12.8. The van der Waals surface area contributed by atoms with E-state index in [9.17, 15) is 14.6 Å². The van der Waals surface area contributed by atoms with Crippen molar-refractivity contribution < 1.29 is 14.6 Å². The highest BCUT2D eigenvalue weighted by Gasteiger charge is 2.21.